The summed E-state index contributed by atoms with van der Waals surface area (Å²) in [4.78, 5) is 30.9. The first-order valence-electron chi connectivity index (χ1n) is 9.69. The number of aromatic nitrogens is 2. The van der Waals surface area contributed by atoms with Gasteiger partial charge in [0, 0.05) is 11.8 Å². The van der Waals surface area contributed by atoms with Gasteiger partial charge in [-0.25, -0.2) is 9.48 Å². The Bertz CT molecular complexity index is 942. The first-order chi connectivity index (χ1) is 14.3. The molecule has 0 aliphatic rings. The Balaban J connectivity index is 0.000000592. The SMILES string of the molecule is C=CC(=O)OOC.CC(C)(C)c1ccc(CSc2cnn(C(C)(C)C)c(=O)c2Cl)cc1. The first-order valence-corrected chi connectivity index (χ1v) is 11.0. The number of nitrogens with zero attached hydrogens (tertiary/aromatic N) is 2. The molecule has 0 aliphatic carbocycles. The molecule has 8 heteroatoms. The van der Waals surface area contributed by atoms with Gasteiger partial charge in [0.25, 0.3) is 5.56 Å². The molecule has 1 aromatic heterocycles. The van der Waals surface area contributed by atoms with E-state index in [0.717, 1.165) is 16.7 Å². The van der Waals surface area contributed by atoms with Gasteiger partial charge in [0.1, 0.15) is 5.02 Å². The van der Waals surface area contributed by atoms with Crippen LogP contribution >= 0.6 is 23.4 Å². The third-order valence-electron chi connectivity index (χ3n) is 4.07. The highest BCUT2D eigenvalue weighted by Crippen LogP contribution is 2.29. The van der Waals surface area contributed by atoms with Crippen LogP contribution in [-0.4, -0.2) is 22.9 Å². The zero-order chi connectivity index (χ0) is 23.8. The molecule has 0 unspecified atom stereocenters. The first kappa shape index (κ1) is 26.9. The summed E-state index contributed by atoms with van der Waals surface area (Å²) in [7, 11) is 1.25. The summed E-state index contributed by atoms with van der Waals surface area (Å²) in [6, 6.07) is 8.58. The average molecular weight is 467 g/mol. The molecule has 0 spiro atoms. The molecule has 170 valence electrons. The van der Waals surface area contributed by atoms with E-state index in [2.05, 4.69) is 66.5 Å². The van der Waals surface area contributed by atoms with Crippen molar-refractivity contribution in [2.45, 2.75) is 63.1 Å². The summed E-state index contributed by atoms with van der Waals surface area (Å²) < 4.78 is 1.43. The molecule has 0 bridgehead atoms. The summed E-state index contributed by atoms with van der Waals surface area (Å²) in [5, 5.41) is 4.51. The zero-order valence-electron chi connectivity index (χ0n) is 19.2. The van der Waals surface area contributed by atoms with E-state index in [1.54, 1.807) is 6.20 Å². The van der Waals surface area contributed by atoms with Crippen molar-refractivity contribution in [1.82, 2.24) is 9.78 Å². The average Bonchev–Trinajstić information content (AvgIpc) is 2.68. The van der Waals surface area contributed by atoms with Gasteiger partial charge in [0.15, 0.2) is 0 Å². The predicted octanol–water partition coefficient (Wildman–Crippen LogP) is 5.52. The molecule has 0 amide bonds. The van der Waals surface area contributed by atoms with Gasteiger partial charge in [-0.05, 0) is 37.3 Å². The van der Waals surface area contributed by atoms with E-state index >= 15 is 0 Å². The van der Waals surface area contributed by atoms with Crippen molar-refractivity contribution in [2.24, 2.45) is 0 Å². The van der Waals surface area contributed by atoms with Gasteiger partial charge >= 0.3 is 5.97 Å². The fraction of sp³-hybridized carbons (Fsp3) is 0.435. The molecule has 0 radical (unpaired) electrons. The predicted molar refractivity (Wildman–Crippen MR) is 127 cm³/mol. The lowest BCUT2D eigenvalue weighted by Gasteiger charge is -2.21. The van der Waals surface area contributed by atoms with Crippen LogP contribution in [0.4, 0.5) is 0 Å². The number of carbonyl (C=O) groups is 1. The molecule has 0 saturated heterocycles. The third kappa shape index (κ3) is 8.51. The van der Waals surface area contributed by atoms with Gasteiger partial charge in [-0.2, -0.15) is 9.99 Å². The molecule has 31 heavy (non-hydrogen) atoms. The Morgan fingerprint density at radius 1 is 1.19 bits per heavy atom. The molecule has 0 aliphatic heterocycles. The van der Waals surface area contributed by atoms with Gasteiger partial charge in [0.2, 0.25) is 0 Å². The van der Waals surface area contributed by atoms with Crippen molar-refractivity contribution in [2.75, 3.05) is 7.11 Å². The summed E-state index contributed by atoms with van der Waals surface area (Å²) in [6.45, 7) is 15.5. The van der Waals surface area contributed by atoms with E-state index < -0.39 is 5.97 Å². The van der Waals surface area contributed by atoms with E-state index in [0.29, 0.717) is 0 Å². The summed E-state index contributed by atoms with van der Waals surface area (Å²) in [5.41, 5.74) is 2.04. The number of halogens is 1. The molecule has 2 rings (SSSR count). The molecule has 1 aromatic carbocycles. The van der Waals surface area contributed by atoms with Crippen LogP contribution in [0.1, 0.15) is 52.7 Å². The summed E-state index contributed by atoms with van der Waals surface area (Å²) in [6.07, 6.45) is 2.70. The number of carbonyl (C=O) groups excluding carboxylic acids is 1. The molecule has 1 heterocycles. The fourth-order valence-corrected chi connectivity index (χ4v) is 3.52. The molecule has 0 saturated carbocycles. The lowest BCUT2D eigenvalue weighted by Crippen LogP contribution is -2.36. The van der Waals surface area contributed by atoms with Crippen LogP contribution in [0.3, 0.4) is 0 Å². The zero-order valence-corrected chi connectivity index (χ0v) is 20.8. The Morgan fingerprint density at radius 3 is 2.19 bits per heavy atom. The standard InChI is InChI=1S/C19H25ClN2OS.C4H6O3/c1-18(2,3)14-9-7-13(8-10-14)12-24-15-11-21-22(19(4,5)6)17(23)16(15)20;1-3-4(5)7-6-2/h7-11H,12H2,1-6H3;3H,1H2,2H3. The number of hydrogen-bond donors (Lipinski definition) is 0. The van der Waals surface area contributed by atoms with E-state index in [4.69, 9.17) is 11.6 Å². The maximum Gasteiger partial charge on any atom is 0.365 e. The maximum atomic E-state index is 12.4. The lowest BCUT2D eigenvalue weighted by atomic mass is 9.87. The molecule has 2 aromatic rings. The molecular weight excluding hydrogens is 436 g/mol. The van der Waals surface area contributed by atoms with Gasteiger partial charge in [-0.1, -0.05) is 63.2 Å². The second kappa shape index (κ2) is 11.5. The van der Waals surface area contributed by atoms with Gasteiger partial charge in [-0.15, -0.1) is 11.8 Å². The highest BCUT2D eigenvalue weighted by atomic mass is 35.5. The smallest absolute Gasteiger partial charge is 0.294 e. The summed E-state index contributed by atoms with van der Waals surface area (Å²) >= 11 is 7.80. The van der Waals surface area contributed by atoms with E-state index in [-0.39, 0.29) is 21.5 Å². The van der Waals surface area contributed by atoms with Crippen molar-refractivity contribution >= 4 is 29.3 Å². The second-order valence-electron chi connectivity index (χ2n) is 8.72. The number of benzene rings is 1. The Labute approximate surface area is 193 Å². The topological polar surface area (TPSA) is 70.4 Å². The van der Waals surface area contributed by atoms with Crippen LogP contribution in [0.25, 0.3) is 0 Å². The molecule has 0 atom stereocenters. The van der Waals surface area contributed by atoms with Crippen LogP contribution in [0.5, 0.6) is 0 Å². The van der Waals surface area contributed by atoms with Crippen LogP contribution in [0.15, 0.2) is 52.8 Å². The molecule has 6 nitrogen and oxygen atoms in total. The van der Waals surface area contributed by atoms with Crippen LogP contribution in [0.2, 0.25) is 5.02 Å². The molecule has 0 N–H and O–H groups in total. The van der Waals surface area contributed by atoms with Gasteiger partial charge in [0.05, 0.1) is 23.7 Å². The van der Waals surface area contributed by atoms with Crippen molar-refractivity contribution in [1.29, 1.82) is 0 Å². The fourth-order valence-electron chi connectivity index (χ4n) is 2.37. The minimum Gasteiger partial charge on any atom is -0.294 e. The van der Waals surface area contributed by atoms with Crippen molar-refractivity contribution < 1.29 is 14.6 Å². The minimum absolute atomic E-state index is 0.149. The quantitative estimate of drug-likeness (QED) is 0.250. The largest absolute Gasteiger partial charge is 0.365 e. The molecule has 0 fully saturated rings. The Hall–Kier alpha value is -2.09. The van der Waals surface area contributed by atoms with Crippen LogP contribution in [0, 0.1) is 0 Å². The van der Waals surface area contributed by atoms with E-state index in [1.165, 1.54) is 34.7 Å². The Kier molecular flexibility index (Phi) is 10.0. The highest BCUT2D eigenvalue weighted by molar-refractivity contribution is 7.98. The minimum atomic E-state index is -0.581. The van der Waals surface area contributed by atoms with E-state index in [1.807, 2.05) is 20.8 Å². The van der Waals surface area contributed by atoms with Crippen molar-refractivity contribution in [3.8, 4) is 0 Å². The van der Waals surface area contributed by atoms with Crippen LogP contribution < -0.4 is 5.56 Å². The van der Waals surface area contributed by atoms with Crippen LogP contribution in [-0.2, 0) is 31.3 Å². The number of hydrogen-bond acceptors (Lipinski definition) is 6. The van der Waals surface area contributed by atoms with Gasteiger partial charge < -0.3 is 0 Å². The monoisotopic (exact) mass is 466 g/mol. The van der Waals surface area contributed by atoms with Gasteiger partial charge in [-0.3, -0.25) is 9.68 Å². The summed E-state index contributed by atoms with van der Waals surface area (Å²) in [5.74, 6) is 0.174. The lowest BCUT2D eigenvalue weighted by molar-refractivity contribution is -0.249. The molecular formula is C23H31ClN2O4S. The Morgan fingerprint density at radius 2 is 1.77 bits per heavy atom. The number of rotatable bonds is 5. The number of thioether (sulfide) groups is 1. The van der Waals surface area contributed by atoms with Crippen molar-refractivity contribution in [3.05, 3.63) is 69.6 Å². The highest BCUT2D eigenvalue weighted by Gasteiger charge is 2.19. The normalized spacial score (nSPS) is 11.4. The van der Waals surface area contributed by atoms with Crippen molar-refractivity contribution in [3.63, 3.8) is 0 Å². The second-order valence-corrected chi connectivity index (χ2v) is 10.1. The third-order valence-corrected chi connectivity index (χ3v) is 5.64. The maximum absolute atomic E-state index is 12.4. The van der Waals surface area contributed by atoms with E-state index in [9.17, 15) is 9.59 Å².